The summed E-state index contributed by atoms with van der Waals surface area (Å²) in [5, 5.41) is 12.4. The van der Waals surface area contributed by atoms with Crippen LogP contribution >= 0.6 is 0 Å². The molecule has 2 N–H and O–H groups in total. The Morgan fingerprint density at radius 3 is 2.79 bits per heavy atom. The van der Waals surface area contributed by atoms with Crippen LogP contribution in [0.4, 0.5) is 8.78 Å². The van der Waals surface area contributed by atoms with Crippen molar-refractivity contribution in [1.82, 2.24) is 10.2 Å². The van der Waals surface area contributed by atoms with E-state index in [1.165, 1.54) is 6.07 Å². The minimum atomic E-state index is -0.902. The van der Waals surface area contributed by atoms with Gasteiger partial charge < -0.3 is 10.4 Å². The first-order valence-electron chi connectivity index (χ1n) is 9.70. The molecule has 3 rings (SSSR count). The van der Waals surface area contributed by atoms with Crippen molar-refractivity contribution in [2.45, 2.75) is 38.8 Å². The van der Waals surface area contributed by atoms with Crippen LogP contribution in [0.5, 0.6) is 5.75 Å². The van der Waals surface area contributed by atoms with Gasteiger partial charge in [-0.2, -0.15) is 0 Å². The van der Waals surface area contributed by atoms with Crippen LogP contribution in [0.1, 0.15) is 36.8 Å². The number of rotatable bonds is 7. The summed E-state index contributed by atoms with van der Waals surface area (Å²) in [6, 6.07) is 11.0. The maximum absolute atomic E-state index is 13.2. The first-order valence-corrected chi connectivity index (χ1v) is 9.70. The molecule has 2 aromatic rings. The van der Waals surface area contributed by atoms with Crippen molar-refractivity contribution in [3.63, 3.8) is 0 Å². The quantitative estimate of drug-likeness (QED) is 0.754. The summed E-state index contributed by atoms with van der Waals surface area (Å²) in [5.41, 5.74) is 1.63. The van der Waals surface area contributed by atoms with E-state index in [1.54, 1.807) is 12.1 Å². The normalized spacial score (nSPS) is 17.4. The van der Waals surface area contributed by atoms with Crippen LogP contribution < -0.4 is 5.32 Å². The second-order valence-corrected chi connectivity index (χ2v) is 7.48. The topological polar surface area (TPSA) is 52.6 Å². The van der Waals surface area contributed by atoms with Crippen LogP contribution in [0, 0.1) is 17.6 Å². The molecule has 1 fully saturated rings. The monoisotopic (exact) mass is 388 g/mol. The Labute approximate surface area is 164 Å². The largest absolute Gasteiger partial charge is 0.508 e. The third-order valence-electron chi connectivity index (χ3n) is 5.17. The van der Waals surface area contributed by atoms with Crippen molar-refractivity contribution in [3.05, 3.63) is 65.2 Å². The maximum Gasteiger partial charge on any atom is 0.220 e. The minimum Gasteiger partial charge on any atom is -0.508 e. The van der Waals surface area contributed by atoms with Gasteiger partial charge in [0.15, 0.2) is 11.6 Å². The van der Waals surface area contributed by atoms with Crippen LogP contribution in [-0.2, 0) is 17.9 Å². The highest BCUT2D eigenvalue weighted by atomic mass is 19.2. The van der Waals surface area contributed by atoms with E-state index in [0.717, 1.165) is 56.6 Å². The maximum atomic E-state index is 13.2. The number of amides is 1. The second kappa shape index (κ2) is 9.64. The lowest BCUT2D eigenvalue weighted by Gasteiger charge is -2.32. The Hall–Kier alpha value is -2.47. The number of benzene rings is 2. The van der Waals surface area contributed by atoms with Crippen molar-refractivity contribution in [3.8, 4) is 5.75 Å². The van der Waals surface area contributed by atoms with Crippen LogP contribution in [0.2, 0.25) is 0 Å². The molecule has 0 spiro atoms. The molecule has 6 heteroatoms. The molecule has 0 aromatic heterocycles. The van der Waals surface area contributed by atoms with Crippen molar-refractivity contribution in [2.24, 2.45) is 5.92 Å². The Kier molecular flexibility index (Phi) is 6.98. The van der Waals surface area contributed by atoms with E-state index in [-0.39, 0.29) is 18.2 Å². The van der Waals surface area contributed by atoms with Gasteiger partial charge in [-0.05, 0) is 67.1 Å². The molecule has 4 nitrogen and oxygen atoms in total. The molecule has 0 aliphatic carbocycles. The highest BCUT2D eigenvalue weighted by Crippen LogP contribution is 2.23. The summed E-state index contributed by atoms with van der Waals surface area (Å²) < 4.78 is 26.1. The number of carbonyl (C=O) groups is 1. The number of hydrogen-bond donors (Lipinski definition) is 2. The summed E-state index contributed by atoms with van der Waals surface area (Å²) in [6.07, 6.45) is 3.43. The average molecular weight is 388 g/mol. The molecule has 0 bridgehead atoms. The summed E-state index contributed by atoms with van der Waals surface area (Å²) in [5.74, 6) is -1.12. The minimum absolute atomic E-state index is 0.0742. The predicted molar refractivity (Wildman–Crippen MR) is 104 cm³/mol. The van der Waals surface area contributed by atoms with E-state index >= 15 is 0 Å². The molecule has 28 heavy (non-hydrogen) atoms. The summed E-state index contributed by atoms with van der Waals surface area (Å²) in [4.78, 5) is 14.5. The number of nitrogens with zero attached hydrogens (tertiary/aromatic N) is 1. The lowest BCUT2D eigenvalue weighted by Crippen LogP contribution is -2.35. The molecule has 1 aliphatic heterocycles. The van der Waals surface area contributed by atoms with E-state index in [4.69, 9.17) is 0 Å². The zero-order chi connectivity index (χ0) is 19.9. The number of phenols is 1. The highest BCUT2D eigenvalue weighted by molar-refractivity contribution is 5.75. The molecule has 1 amide bonds. The zero-order valence-electron chi connectivity index (χ0n) is 15.8. The van der Waals surface area contributed by atoms with Gasteiger partial charge in [-0.1, -0.05) is 18.2 Å². The number of halogens is 2. The van der Waals surface area contributed by atoms with Crippen molar-refractivity contribution < 1.29 is 18.7 Å². The number of likely N-dealkylation sites (tertiary alicyclic amines) is 1. The molecule has 2 aromatic carbocycles. The van der Waals surface area contributed by atoms with Gasteiger partial charge in [-0.25, -0.2) is 8.78 Å². The van der Waals surface area contributed by atoms with Gasteiger partial charge in [-0.3, -0.25) is 9.69 Å². The fourth-order valence-electron chi connectivity index (χ4n) is 3.72. The van der Waals surface area contributed by atoms with Gasteiger partial charge in [0.2, 0.25) is 5.91 Å². The van der Waals surface area contributed by atoms with E-state index in [9.17, 15) is 18.7 Å². The number of phenolic OH excluding ortho intramolecular Hbond substituents is 1. The number of aromatic hydroxyl groups is 1. The van der Waals surface area contributed by atoms with Crippen LogP contribution in [0.3, 0.4) is 0 Å². The van der Waals surface area contributed by atoms with Crippen molar-refractivity contribution in [1.29, 1.82) is 0 Å². The lowest BCUT2D eigenvalue weighted by atomic mass is 9.93. The van der Waals surface area contributed by atoms with Gasteiger partial charge in [0.25, 0.3) is 0 Å². The standard InChI is InChI=1S/C22H26F2N2O2/c23-20-8-6-17(12-21(20)24)13-25-22(28)9-7-16-4-2-10-26(14-16)15-18-3-1-5-19(27)11-18/h1,3,5-6,8,11-12,16,27H,2,4,7,9-10,13-15H2,(H,25,28). The second-order valence-electron chi connectivity index (χ2n) is 7.48. The van der Waals surface area contributed by atoms with E-state index < -0.39 is 11.6 Å². The lowest BCUT2D eigenvalue weighted by molar-refractivity contribution is -0.121. The molecular weight excluding hydrogens is 362 g/mol. The Morgan fingerprint density at radius 1 is 1.14 bits per heavy atom. The summed E-state index contributed by atoms with van der Waals surface area (Å²) in [6.45, 7) is 2.96. The smallest absolute Gasteiger partial charge is 0.220 e. The van der Waals surface area contributed by atoms with Crippen LogP contribution in [0.25, 0.3) is 0 Å². The molecule has 1 saturated heterocycles. The Balaban J connectivity index is 1.41. The van der Waals surface area contributed by atoms with Crippen LogP contribution in [-0.4, -0.2) is 29.0 Å². The van der Waals surface area contributed by atoms with Crippen molar-refractivity contribution in [2.75, 3.05) is 13.1 Å². The van der Waals surface area contributed by atoms with Gasteiger partial charge >= 0.3 is 0 Å². The van der Waals surface area contributed by atoms with Crippen molar-refractivity contribution >= 4 is 5.91 Å². The molecule has 0 saturated carbocycles. The molecule has 0 radical (unpaired) electrons. The number of piperidine rings is 1. The average Bonchev–Trinajstić information content (AvgIpc) is 2.67. The number of nitrogens with one attached hydrogen (secondary N) is 1. The molecule has 1 atom stereocenters. The third kappa shape index (κ3) is 6.02. The summed E-state index contributed by atoms with van der Waals surface area (Å²) in [7, 11) is 0. The van der Waals surface area contributed by atoms with E-state index in [1.807, 2.05) is 12.1 Å². The molecule has 150 valence electrons. The Bertz CT molecular complexity index is 813. The van der Waals surface area contributed by atoms with Crippen LogP contribution in [0.15, 0.2) is 42.5 Å². The van der Waals surface area contributed by atoms with Gasteiger partial charge in [-0.15, -0.1) is 0 Å². The predicted octanol–water partition coefficient (Wildman–Crippen LogP) is 3.98. The SMILES string of the molecule is O=C(CCC1CCCN(Cc2cccc(O)c2)C1)NCc1ccc(F)c(F)c1. The van der Waals surface area contributed by atoms with Gasteiger partial charge in [0.05, 0.1) is 0 Å². The fourth-order valence-corrected chi connectivity index (χ4v) is 3.72. The first kappa shape index (κ1) is 20.3. The molecule has 1 heterocycles. The van der Waals surface area contributed by atoms with E-state index in [2.05, 4.69) is 10.2 Å². The Morgan fingerprint density at radius 2 is 2.00 bits per heavy atom. The summed E-state index contributed by atoms with van der Waals surface area (Å²) >= 11 is 0. The first-order chi connectivity index (χ1) is 13.5. The van der Waals surface area contributed by atoms with Gasteiger partial charge in [0, 0.05) is 26.1 Å². The number of carbonyl (C=O) groups excluding carboxylic acids is 1. The molecular formula is C22H26F2N2O2. The molecule has 1 aliphatic rings. The number of hydrogen-bond acceptors (Lipinski definition) is 3. The van der Waals surface area contributed by atoms with Gasteiger partial charge in [0.1, 0.15) is 5.75 Å². The fraction of sp³-hybridized carbons (Fsp3) is 0.409. The third-order valence-corrected chi connectivity index (χ3v) is 5.17. The highest BCUT2D eigenvalue weighted by Gasteiger charge is 2.20. The molecule has 1 unspecified atom stereocenters. The zero-order valence-corrected chi connectivity index (χ0v) is 15.8. The van der Waals surface area contributed by atoms with E-state index in [0.29, 0.717) is 17.9 Å².